The van der Waals surface area contributed by atoms with Crippen molar-refractivity contribution in [3.63, 3.8) is 0 Å². The lowest BCUT2D eigenvalue weighted by molar-refractivity contribution is 0.592. The van der Waals surface area contributed by atoms with E-state index in [0.29, 0.717) is 17.5 Å². The minimum Gasteiger partial charge on any atom is -0.274 e. The van der Waals surface area contributed by atoms with E-state index in [1.807, 2.05) is 59.9 Å². The van der Waals surface area contributed by atoms with Gasteiger partial charge in [-0.3, -0.25) is 4.99 Å². The highest BCUT2D eigenvalue weighted by Gasteiger charge is 2.29. The maximum atomic E-state index is 5.50. The molecule has 5 nitrogen and oxygen atoms in total. The summed E-state index contributed by atoms with van der Waals surface area (Å²) in [5, 5.41) is 2.42. The van der Waals surface area contributed by atoms with Crippen molar-refractivity contribution in [2.75, 3.05) is 0 Å². The lowest BCUT2D eigenvalue weighted by Crippen LogP contribution is -2.19. The van der Waals surface area contributed by atoms with Gasteiger partial charge in [0.15, 0.2) is 17.5 Å². The van der Waals surface area contributed by atoms with Crippen molar-refractivity contribution in [3.8, 4) is 33.8 Å². The van der Waals surface area contributed by atoms with E-state index in [4.69, 9.17) is 24.9 Å². The fraction of sp³-hybridized carbons (Fsp3) is 0.0702. The monoisotopic (exact) mass is 827 g/mol. The molecule has 63 heavy (non-hydrogen) atoms. The van der Waals surface area contributed by atoms with Crippen LogP contribution in [0.1, 0.15) is 52.9 Å². The fourth-order valence-corrected chi connectivity index (χ4v) is 9.82. The number of allylic oxidation sites excluding steroid dienone is 9. The molecule has 2 atom stereocenters. The highest BCUT2D eigenvalue weighted by molar-refractivity contribution is 7.26. The molecule has 6 heteroatoms. The molecule has 300 valence electrons. The molecular formula is C57H41N5S. The van der Waals surface area contributed by atoms with Crippen LogP contribution in [0.3, 0.4) is 0 Å². The minimum absolute atomic E-state index is 0.106. The molecule has 0 N–H and O–H groups in total. The number of hydrogen-bond acceptors (Lipinski definition) is 6. The van der Waals surface area contributed by atoms with Gasteiger partial charge in [-0.1, -0.05) is 170 Å². The molecule has 0 amide bonds. The van der Waals surface area contributed by atoms with E-state index in [2.05, 4.69) is 158 Å². The lowest BCUT2D eigenvalue weighted by Gasteiger charge is -2.28. The number of aromatic nitrogens is 4. The number of nitrogens with zero attached hydrogens (tertiary/aromatic N) is 5. The molecule has 3 aromatic heterocycles. The normalized spacial score (nSPS) is 16.9. The summed E-state index contributed by atoms with van der Waals surface area (Å²) in [5.41, 5.74) is 12.4. The summed E-state index contributed by atoms with van der Waals surface area (Å²) in [4.78, 5) is 25.7. The number of dihydropyridines is 1. The highest BCUT2D eigenvalue weighted by Crippen LogP contribution is 2.44. The molecule has 0 saturated heterocycles. The molecule has 8 aromatic rings. The SMILES string of the molecule is C=C/C(=C\C=C\c1cc(-c2ccc3c(n2)C2N=C(c4ccccc4)C=CC2C=C3)c2sc3ccc(-c4ccccc4)cc3c2c1)c1nc(C2=CCCC=C2)nc(-c2ccccc2)n1. The molecule has 4 heterocycles. The Labute approximate surface area is 371 Å². The van der Waals surface area contributed by atoms with Gasteiger partial charge in [-0.15, -0.1) is 11.3 Å². The Bertz CT molecular complexity index is 3290. The molecule has 1 aliphatic heterocycles. The van der Waals surface area contributed by atoms with Crippen LogP contribution in [0, 0.1) is 5.92 Å². The largest absolute Gasteiger partial charge is 0.274 e. The predicted molar refractivity (Wildman–Crippen MR) is 264 cm³/mol. The Morgan fingerprint density at radius 1 is 0.651 bits per heavy atom. The van der Waals surface area contributed by atoms with Gasteiger partial charge in [-0.05, 0) is 77.1 Å². The summed E-state index contributed by atoms with van der Waals surface area (Å²) in [6.07, 6.45) is 25.4. The van der Waals surface area contributed by atoms with Crippen LogP contribution in [0.25, 0.3) is 77.2 Å². The second kappa shape index (κ2) is 16.7. The number of hydrogen-bond donors (Lipinski definition) is 0. The third-order valence-corrected chi connectivity index (χ3v) is 13.1. The standard InChI is InChI=1S/C57H41N5S/c1-2-38(55-60-56(43-21-11-5-12-22-43)62-57(61-55)44-23-13-6-14-24-44)25-15-16-37-34-47-46-36-45(39-17-7-3-8-18-39)30-33-51(46)63-54(47)48(35-37)50-32-29-42-27-26-41-28-31-49(40-19-9-4-10-20-40)58-52(41)53(42)59-50/h2-5,7-13,15-36,41,52H,1,6,14H2/b16-15+,38-25+. The van der Waals surface area contributed by atoms with Gasteiger partial charge in [0, 0.05) is 48.4 Å². The predicted octanol–water partition coefficient (Wildman–Crippen LogP) is 14.4. The van der Waals surface area contributed by atoms with Crippen LogP contribution in [0.4, 0.5) is 0 Å². The quantitative estimate of drug-likeness (QED) is 0.136. The Morgan fingerprint density at radius 3 is 2.19 bits per heavy atom. The van der Waals surface area contributed by atoms with Crippen LogP contribution in [0.15, 0.2) is 200 Å². The second-order valence-corrected chi connectivity index (χ2v) is 17.0. The molecule has 0 fully saturated rings. The van der Waals surface area contributed by atoms with Crippen LogP contribution >= 0.6 is 11.3 Å². The molecule has 3 aliphatic rings. The molecule has 5 aromatic carbocycles. The summed E-state index contributed by atoms with van der Waals surface area (Å²) >= 11 is 1.82. The van der Waals surface area contributed by atoms with Crippen LogP contribution in [0.5, 0.6) is 0 Å². The van der Waals surface area contributed by atoms with Gasteiger partial charge in [0.1, 0.15) is 6.04 Å². The van der Waals surface area contributed by atoms with E-state index < -0.39 is 0 Å². The summed E-state index contributed by atoms with van der Waals surface area (Å²) in [5.74, 6) is 2.01. The second-order valence-electron chi connectivity index (χ2n) is 15.9. The molecule has 2 unspecified atom stereocenters. The highest BCUT2D eigenvalue weighted by atomic mass is 32.1. The zero-order valence-corrected chi connectivity index (χ0v) is 35.3. The number of thiophene rings is 1. The summed E-state index contributed by atoms with van der Waals surface area (Å²) in [6, 6.07) is 46.8. The zero-order valence-electron chi connectivity index (χ0n) is 34.5. The van der Waals surface area contributed by atoms with E-state index in [-0.39, 0.29) is 12.0 Å². The molecular weight excluding hydrogens is 787 g/mol. The van der Waals surface area contributed by atoms with Gasteiger partial charge in [-0.2, -0.15) is 0 Å². The molecule has 0 radical (unpaired) electrons. The summed E-state index contributed by atoms with van der Waals surface area (Å²) < 4.78 is 2.44. The Kier molecular flexibility index (Phi) is 10.1. The van der Waals surface area contributed by atoms with Crippen LogP contribution in [-0.2, 0) is 0 Å². The maximum absolute atomic E-state index is 5.50. The van der Waals surface area contributed by atoms with Crippen molar-refractivity contribution >= 4 is 60.5 Å². The van der Waals surface area contributed by atoms with Gasteiger partial charge >= 0.3 is 0 Å². The van der Waals surface area contributed by atoms with Gasteiger partial charge in [0.25, 0.3) is 0 Å². The van der Waals surface area contributed by atoms with Crippen molar-refractivity contribution in [3.05, 3.63) is 229 Å². The first-order chi connectivity index (χ1) is 31.1. The van der Waals surface area contributed by atoms with E-state index in [9.17, 15) is 0 Å². The van der Waals surface area contributed by atoms with E-state index in [1.165, 1.54) is 31.3 Å². The number of pyridine rings is 1. The Hall–Kier alpha value is -7.67. The van der Waals surface area contributed by atoms with Crippen molar-refractivity contribution in [1.29, 1.82) is 0 Å². The minimum atomic E-state index is -0.106. The smallest absolute Gasteiger partial charge is 0.164 e. The molecule has 0 bridgehead atoms. The third kappa shape index (κ3) is 7.56. The summed E-state index contributed by atoms with van der Waals surface area (Å²) in [6.45, 7) is 4.19. The van der Waals surface area contributed by atoms with E-state index in [0.717, 1.165) is 68.9 Å². The van der Waals surface area contributed by atoms with E-state index >= 15 is 0 Å². The number of rotatable bonds is 9. The van der Waals surface area contributed by atoms with Gasteiger partial charge in [0.2, 0.25) is 0 Å². The first kappa shape index (κ1) is 38.3. The molecule has 0 spiro atoms. The topological polar surface area (TPSA) is 63.9 Å². The van der Waals surface area contributed by atoms with Crippen LogP contribution in [0.2, 0.25) is 0 Å². The first-order valence-electron chi connectivity index (χ1n) is 21.4. The number of benzene rings is 5. The van der Waals surface area contributed by atoms with Crippen molar-refractivity contribution in [1.82, 2.24) is 19.9 Å². The average molecular weight is 828 g/mol. The van der Waals surface area contributed by atoms with Crippen LogP contribution in [-0.4, -0.2) is 25.6 Å². The molecule has 0 saturated carbocycles. The first-order valence-corrected chi connectivity index (χ1v) is 22.2. The van der Waals surface area contributed by atoms with Gasteiger partial charge < -0.3 is 0 Å². The Balaban J connectivity index is 1.03. The maximum Gasteiger partial charge on any atom is 0.164 e. The van der Waals surface area contributed by atoms with Crippen molar-refractivity contribution < 1.29 is 0 Å². The van der Waals surface area contributed by atoms with Crippen molar-refractivity contribution in [2.24, 2.45) is 10.9 Å². The van der Waals surface area contributed by atoms with Crippen LogP contribution < -0.4 is 0 Å². The fourth-order valence-electron chi connectivity index (χ4n) is 8.63. The van der Waals surface area contributed by atoms with Gasteiger partial charge in [-0.25, -0.2) is 19.9 Å². The third-order valence-electron chi connectivity index (χ3n) is 11.9. The lowest BCUT2D eigenvalue weighted by atomic mass is 9.85. The average Bonchev–Trinajstić information content (AvgIpc) is 3.73. The Morgan fingerprint density at radius 2 is 1.41 bits per heavy atom. The molecule has 11 rings (SSSR count). The van der Waals surface area contributed by atoms with Gasteiger partial charge in [0.05, 0.1) is 17.1 Å². The molecule has 2 aliphatic carbocycles. The zero-order chi connectivity index (χ0) is 42.1. The number of fused-ring (bicyclic) bond motifs is 6. The number of aliphatic imine (C=N–C) groups is 1. The summed E-state index contributed by atoms with van der Waals surface area (Å²) in [7, 11) is 0. The van der Waals surface area contributed by atoms with Crippen molar-refractivity contribution in [2.45, 2.75) is 18.9 Å². The van der Waals surface area contributed by atoms with E-state index in [1.54, 1.807) is 0 Å².